The first-order valence-corrected chi connectivity index (χ1v) is 8.82. The third-order valence-electron chi connectivity index (χ3n) is 3.77. The Morgan fingerprint density at radius 1 is 1.24 bits per heavy atom. The van der Waals surface area contributed by atoms with Crippen molar-refractivity contribution in [1.29, 1.82) is 0 Å². The third-order valence-corrected chi connectivity index (χ3v) is 4.67. The molecule has 2 rings (SSSR count). The number of halogens is 2. The lowest BCUT2D eigenvalue weighted by Gasteiger charge is -2.18. The summed E-state index contributed by atoms with van der Waals surface area (Å²) in [5.74, 6) is 1.67. The predicted molar refractivity (Wildman–Crippen MR) is 95.1 cm³/mol. The van der Waals surface area contributed by atoms with Gasteiger partial charge in [0.2, 0.25) is 0 Å². The number of thiocarbonyl (C=S) groups is 1. The number of alkyl halides is 1. The number of hydrogen-bond acceptors (Lipinski definition) is 2. The van der Waals surface area contributed by atoms with E-state index in [0.717, 1.165) is 16.4 Å². The van der Waals surface area contributed by atoms with Crippen molar-refractivity contribution >= 4 is 46.1 Å². The zero-order chi connectivity index (χ0) is 15.1. The molecule has 5 heteroatoms. The Bertz CT molecular complexity index is 473. The van der Waals surface area contributed by atoms with Crippen molar-refractivity contribution in [2.45, 2.75) is 38.5 Å². The van der Waals surface area contributed by atoms with E-state index in [1.165, 1.54) is 38.5 Å². The molecule has 1 aliphatic rings. The maximum Gasteiger partial charge on any atom is 0.120 e. The van der Waals surface area contributed by atoms with Gasteiger partial charge in [0.05, 0.1) is 21.6 Å². The monoisotopic (exact) mass is 345 g/mol. The molecule has 1 fully saturated rings. The van der Waals surface area contributed by atoms with Crippen LogP contribution in [-0.4, -0.2) is 17.5 Å². The molecule has 1 aromatic carbocycles. The van der Waals surface area contributed by atoms with Crippen LogP contribution in [0.2, 0.25) is 5.02 Å². The quantitative estimate of drug-likeness (QED) is 0.422. The van der Waals surface area contributed by atoms with Crippen LogP contribution < -0.4 is 10.1 Å². The molecule has 2 nitrogen and oxygen atoms in total. The Morgan fingerprint density at radius 3 is 2.57 bits per heavy atom. The van der Waals surface area contributed by atoms with E-state index in [-0.39, 0.29) is 0 Å². The van der Waals surface area contributed by atoms with Crippen LogP contribution in [0, 0.1) is 5.92 Å². The second-order valence-electron chi connectivity index (χ2n) is 5.36. The van der Waals surface area contributed by atoms with Crippen LogP contribution in [0.5, 0.6) is 5.75 Å². The van der Waals surface area contributed by atoms with Crippen LogP contribution in [0.15, 0.2) is 18.2 Å². The highest BCUT2D eigenvalue weighted by Gasteiger charge is 2.17. The van der Waals surface area contributed by atoms with Gasteiger partial charge >= 0.3 is 0 Å². The van der Waals surface area contributed by atoms with E-state index < -0.39 is 0 Å². The second kappa shape index (κ2) is 8.82. The summed E-state index contributed by atoms with van der Waals surface area (Å²) in [6.45, 7) is 0.477. The molecule has 21 heavy (non-hydrogen) atoms. The van der Waals surface area contributed by atoms with Gasteiger partial charge in [-0.25, -0.2) is 0 Å². The van der Waals surface area contributed by atoms with Crippen LogP contribution >= 0.6 is 35.4 Å². The Labute approximate surface area is 142 Å². The van der Waals surface area contributed by atoms with Gasteiger partial charge in [0.15, 0.2) is 0 Å². The van der Waals surface area contributed by atoms with E-state index in [2.05, 4.69) is 5.32 Å². The smallest absolute Gasteiger partial charge is 0.120 e. The summed E-state index contributed by atoms with van der Waals surface area (Å²) in [6, 6.07) is 5.59. The van der Waals surface area contributed by atoms with Crippen LogP contribution in [0.3, 0.4) is 0 Å². The summed E-state index contributed by atoms with van der Waals surface area (Å²) >= 11 is 17.5. The first-order chi connectivity index (χ1) is 10.2. The highest BCUT2D eigenvalue weighted by Crippen LogP contribution is 2.29. The minimum Gasteiger partial charge on any atom is -0.492 e. The van der Waals surface area contributed by atoms with E-state index in [4.69, 9.17) is 40.2 Å². The Kier molecular flexibility index (Phi) is 7.08. The van der Waals surface area contributed by atoms with Gasteiger partial charge in [0.1, 0.15) is 12.4 Å². The number of hydrogen-bond donors (Lipinski definition) is 1. The first-order valence-electron chi connectivity index (χ1n) is 7.50. The van der Waals surface area contributed by atoms with Gasteiger partial charge in [-0.3, -0.25) is 0 Å². The van der Waals surface area contributed by atoms with Gasteiger partial charge in [-0.1, -0.05) is 49.5 Å². The summed E-state index contributed by atoms with van der Waals surface area (Å²) in [6.07, 6.45) is 7.55. The van der Waals surface area contributed by atoms with Crippen molar-refractivity contribution in [1.82, 2.24) is 0 Å². The first kappa shape index (κ1) is 16.9. The molecule has 0 aromatic heterocycles. The minimum atomic E-state index is 0.462. The zero-order valence-electron chi connectivity index (χ0n) is 12.0. The van der Waals surface area contributed by atoms with E-state index in [0.29, 0.717) is 23.4 Å². The van der Waals surface area contributed by atoms with Crippen molar-refractivity contribution in [3.05, 3.63) is 23.2 Å². The molecular weight excluding hydrogens is 325 g/mol. The molecular formula is C16H21Cl2NOS. The number of nitrogens with one attached hydrogen (secondary N) is 1. The second-order valence-corrected chi connectivity index (χ2v) is 6.58. The van der Waals surface area contributed by atoms with Gasteiger partial charge in [-0.05, 0) is 25.0 Å². The molecule has 0 bridgehead atoms. The summed E-state index contributed by atoms with van der Waals surface area (Å²) in [5, 5.41) is 3.93. The molecule has 0 spiro atoms. The highest BCUT2D eigenvalue weighted by molar-refractivity contribution is 7.80. The largest absolute Gasteiger partial charge is 0.492 e. The van der Waals surface area contributed by atoms with Gasteiger partial charge in [-0.15, -0.1) is 11.6 Å². The fraction of sp³-hybridized carbons (Fsp3) is 0.562. The van der Waals surface area contributed by atoms with Crippen molar-refractivity contribution in [3.63, 3.8) is 0 Å². The molecule has 1 aromatic rings. The lowest BCUT2D eigenvalue weighted by molar-refractivity contribution is 0.343. The number of ether oxygens (including phenoxy) is 1. The van der Waals surface area contributed by atoms with Crippen molar-refractivity contribution < 1.29 is 4.74 Å². The van der Waals surface area contributed by atoms with E-state index in [9.17, 15) is 0 Å². The van der Waals surface area contributed by atoms with Gasteiger partial charge in [-0.2, -0.15) is 0 Å². The maximum atomic E-state index is 6.29. The molecule has 0 saturated heterocycles. The normalized spacial score (nSPS) is 16.3. The van der Waals surface area contributed by atoms with Gasteiger partial charge < -0.3 is 10.1 Å². The molecule has 0 unspecified atom stereocenters. The molecule has 0 heterocycles. The molecule has 0 radical (unpaired) electrons. The van der Waals surface area contributed by atoms with Gasteiger partial charge in [0.25, 0.3) is 0 Å². The average molecular weight is 346 g/mol. The summed E-state index contributed by atoms with van der Waals surface area (Å²) in [5.41, 5.74) is 0.851. The van der Waals surface area contributed by atoms with Crippen LogP contribution in [-0.2, 0) is 0 Å². The summed E-state index contributed by atoms with van der Waals surface area (Å²) < 4.78 is 5.45. The van der Waals surface area contributed by atoms with Crippen molar-refractivity contribution in [2.75, 3.05) is 17.8 Å². The molecule has 116 valence electrons. The number of rotatable bonds is 5. The lowest BCUT2D eigenvalue weighted by atomic mass is 10.0. The van der Waals surface area contributed by atoms with Crippen LogP contribution in [0.1, 0.15) is 38.5 Å². The van der Waals surface area contributed by atoms with Crippen LogP contribution in [0.4, 0.5) is 5.69 Å². The minimum absolute atomic E-state index is 0.462. The standard InChI is InChI=1S/C16H21Cl2NOS/c17-9-10-20-13-7-8-15(14(18)11-13)19-16(21)12-5-3-1-2-4-6-12/h7-8,11-12H,1-6,9-10H2,(H,19,21). The maximum absolute atomic E-state index is 6.29. The topological polar surface area (TPSA) is 21.3 Å². The third kappa shape index (κ3) is 5.32. The van der Waals surface area contributed by atoms with E-state index in [1.54, 1.807) is 6.07 Å². The Morgan fingerprint density at radius 2 is 1.95 bits per heavy atom. The molecule has 1 aliphatic carbocycles. The van der Waals surface area contributed by atoms with Crippen LogP contribution in [0.25, 0.3) is 0 Å². The SMILES string of the molecule is S=C(Nc1ccc(OCCCl)cc1Cl)C1CCCCCC1. The summed E-state index contributed by atoms with van der Waals surface area (Å²) in [4.78, 5) is 0.910. The number of anilines is 1. The molecule has 0 aliphatic heterocycles. The highest BCUT2D eigenvalue weighted by atomic mass is 35.5. The van der Waals surface area contributed by atoms with Gasteiger partial charge in [0, 0.05) is 12.0 Å². The molecule has 1 saturated carbocycles. The molecule has 0 atom stereocenters. The fourth-order valence-electron chi connectivity index (χ4n) is 2.62. The summed E-state index contributed by atoms with van der Waals surface area (Å²) in [7, 11) is 0. The number of benzene rings is 1. The lowest BCUT2D eigenvalue weighted by Crippen LogP contribution is -2.20. The Balaban J connectivity index is 1.96. The molecule has 0 amide bonds. The average Bonchev–Trinajstić information content (AvgIpc) is 2.76. The fourth-order valence-corrected chi connectivity index (χ4v) is 3.26. The zero-order valence-corrected chi connectivity index (χ0v) is 14.4. The van der Waals surface area contributed by atoms with Crippen molar-refractivity contribution in [2.24, 2.45) is 5.92 Å². The van der Waals surface area contributed by atoms with Crippen molar-refractivity contribution in [3.8, 4) is 5.75 Å². The Hall–Kier alpha value is -0.510. The van der Waals surface area contributed by atoms with E-state index >= 15 is 0 Å². The predicted octanol–water partition coefficient (Wildman–Crippen LogP) is 5.67. The molecule has 1 N–H and O–H groups in total. The van der Waals surface area contributed by atoms with E-state index in [1.807, 2.05) is 12.1 Å².